The summed E-state index contributed by atoms with van der Waals surface area (Å²) in [5, 5.41) is 0.637. The Kier molecular flexibility index (Phi) is 7.26. The van der Waals surface area contributed by atoms with Gasteiger partial charge in [-0.05, 0) is 54.5 Å². The minimum Gasteiger partial charge on any atom is -0.452 e. The molecule has 2 aromatic rings. The monoisotopic (exact) mass is 397 g/mol. The molecule has 0 bridgehead atoms. The molecule has 28 heavy (non-hydrogen) atoms. The molecule has 1 aliphatic heterocycles. The molecule has 1 fully saturated rings. The molecule has 0 atom stereocenters. The Hall–Kier alpha value is -2.59. The van der Waals surface area contributed by atoms with E-state index >= 15 is 0 Å². The minimum absolute atomic E-state index is 0.133. The molecule has 0 unspecified atom stereocenters. The first-order chi connectivity index (χ1) is 13.6. The Labute approximate surface area is 170 Å². The zero-order valence-electron chi connectivity index (χ0n) is 15.7. The molecule has 3 rings (SSSR count). The molecular formula is C23H24ClNO3. The van der Waals surface area contributed by atoms with Crippen LogP contribution in [0, 0.1) is 5.92 Å². The quantitative estimate of drug-likeness (QED) is 0.537. The standard InChI is InChI=1S/C23H24ClNO3/c24-21-9-6-18(7-10-21)8-11-23(27)28-17-22(26)25-14-12-20(13-15-25)16-19-4-2-1-3-5-19/h1-11,20H,12-17H2. The number of ether oxygens (including phenoxy) is 1. The predicted octanol–water partition coefficient (Wildman–Crippen LogP) is 4.38. The number of benzene rings is 2. The summed E-state index contributed by atoms with van der Waals surface area (Å²) in [6.07, 6.45) is 5.96. The molecule has 4 nitrogen and oxygen atoms in total. The maximum atomic E-state index is 12.3. The van der Waals surface area contributed by atoms with E-state index in [0.717, 1.165) is 24.8 Å². The van der Waals surface area contributed by atoms with Crippen molar-refractivity contribution in [2.24, 2.45) is 5.92 Å². The molecule has 5 heteroatoms. The summed E-state index contributed by atoms with van der Waals surface area (Å²) in [5.41, 5.74) is 2.18. The number of piperidine rings is 1. The topological polar surface area (TPSA) is 46.6 Å². The molecule has 1 amide bonds. The maximum absolute atomic E-state index is 12.3. The lowest BCUT2D eigenvalue weighted by atomic mass is 9.90. The average Bonchev–Trinajstić information content (AvgIpc) is 2.73. The number of halogens is 1. The maximum Gasteiger partial charge on any atom is 0.331 e. The Morgan fingerprint density at radius 2 is 1.71 bits per heavy atom. The molecule has 0 aromatic heterocycles. The summed E-state index contributed by atoms with van der Waals surface area (Å²) >= 11 is 5.82. The molecule has 0 spiro atoms. The third kappa shape index (κ3) is 6.24. The lowest BCUT2D eigenvalue weighted by molar-refractivity contribution is -0.148. The normalized spacial score (nSPS) is 15.0. The predicted molar refractivity (Wildman–Crippen MR) is 111 cm³/mol. The smallest absolute Gasteiger partial charge is 0.331 e. The Morgan fingerprint density at radius 3 is 2.39 bits per heavy atom. The second-order valence-corrected chi connectivity index (χ2v) is 7.44. The van der Waals surface area contributed by atoms with E-state index in [1.54, 1.807) is 35.2 Å². The number of rotatable bonds is 6. The van der Waals surface area contributed by atoms with Crippen LogP contribution in [0.5, 0.6) is 0 Å². The highest BCUT2D eigenvalue weighted by atomic mass is 35.5. The number of likely N-dealkylation sites (tertiary alicyclic amines) is 1. The van der Waals surface area contributed by atoms with E-state index in [1.807, 2.05) is 6.07 Å². The number of carbonyl (C=O) groups is 2. The average molecular weight is 398 g/mol. The van der Waals surface area contributed by atoms with Gasteiger partial charge in [-0.3, -0.25) is 4.79 Å². The van der Waals surface area contributed by atoms with E-state index in [-0.39, 0.29) is 12.5 Å². The van der Waals surface area contributed by atoms with Gasteiger partial charge in [0.05, 0.1) is 0 Å². The first-order valence-electron chi connectivity index (χ1n) is 9.52. The molecule has 1 aliphatic rings. The Bertz CT molecular complexity index is 810. The number of hydrogen-bond acceptors (Lipinski definition) is 3. The number of nitrogens with zero attached hydrogens (tertiary/aromatic N) is 1. The van der Waals surface area contributed by atoms with Crippen molar-refractivity contribution in [3.63, 3.8) is 0 Å². The van der Waals surface area contributed by atoms with Crippen LogP contribution in [0.2, 0.25) is 5.02 Å². The second kappa shape index (κ2) is 10.1. The number of amides is 1. The number of hydrogen-bond donors (Lipinski definition) is 0. The van der Waals surface area contributed by atoms with Gasteiger partial charge in [-0.25, -0.2) is 4.79 Å². The summed E-state index contributed by atoms with van der Waals surface area (Å²) in [5.74, 6) is -0.0648. The van der Waals surface area contributed by atoms with Gasteiger partial charge in [-0.2, -0.15) is 0 Å². The molecule has 0 N–H and O–H groups in total. The molecular weight excluding hydrogens is 374 g/mol. The zero-order valence-corrected chi connectivity index (χ0v) is 16.5. The third-order valence-electron chi connectivity index (χ3n) is 4.95. The van der Waals surface area contributed by atoms with Gasteiger partial charge in [0.1, 0.15) is 0 Å². The van der Waals surface area contributed by atoms with Crippen LogP contribution in [0.25, 0.3) is 6.08 Å². The van der Waals surface area contributed by atoms with E-state index in [2.05, 4.69) is 24.3 Å². The number of esters is 1. The van der Waals surface area contributed by atoms with Crippen LogP contribution in [-0.2, 0) is 20.7 Å². The van der Waals surface area contributed by atoms with E-state index in [1.165, 1.54) is 11.6 Å². The second-order valence-electron chi connectivity index (χ2n) is 7.01. The van der Waals surface area contributed by atoms with Crippen molar-refractivity contribution in [3.05, 3.63) is 76.8 Å². The van der Waals surface area contributed by atoms with Crippen molar-refractivity contribution >= 4 is 29.6 Å². The van der Waals surface area contributed by atoms with E-state index in [4.69, 9.17) is 16.3 Å². The van der Waals surface area contributed by atoms with Gasteiger partial charge in [-0.1, -0.05) is 54.1 Å². The fourth-order valence-electron chi connectivity index (χ4n) is 3.34. The van der Waals surface area contributed by atoms with Gasteiger partial charge in [0.25, 0.3) is 5.91 Å². The van der Waals surface area contributed by atoms with Crippen LogP contribution in [0.15, 0.2) is 60.7 Å². The van der Waals surface area contributed by atoms with Crippen LogP contribution in [0.1, 0.15) is 24.0 Å². The first-order valence-corrected chi connectivity index (χ1v) is 9.90. The van der Waals surface area contributed by atoms with Gasteiger partial charge in [0.15, 0.2) is 6.61 Å². The van der Waals surface area contributed by atoms with Gasteiger partial charge in [-0.15, -0.1) is 0 Å². The van der Waals surface area contributed by atoms with Crippen molar-refractivity contribution in [3.8, 4) is 0 Å². The highest BCUT2D eigenvalue weighted by molar-refractivity contribution is 6.30. The summed E-state index contributed by atoms with van der Waals surface area (Å²) in [6, 6.07) is 17.5. The van der Waals surface area contributed by atoms with Crippen molar-refractivity contribution in [2.75, 3.05) is 19.7 Å². The zero-order chi connectivity index (χ0) is 19.8. The van der Waals surface area contributed by atoms with Crippen LogP contribution in [0.4, 0.5) is 0 Å². The highest BCUT2D eigenvalue weighted by Crippen LogP contribution is 2.21. The van der Waals surface area contributed by atoms with Crippen LogP contribution in [0.3, 0.4) is 0 Å². The lowest BCUT2D eigenvalue weighted by Crippen LogP contribution is -2.41. The van der Waals surface area contributed by atoms with Gasteiger partial charge in [0.2, 0.25) is 0 Å². The fourth-order valence-corrected chi connectivity index (χ4v) is 3.47. The van der Waals surface area contributed by atoms with Crippen LogP contribution < -0.4 is 0 Å². The van der Waals surface area contributed by atoms with Gasteiger partial charge < -0.3 is 9.64 Å². The molecule has 0 radical (unpaired) electrons. The fraction of sp³-hybridized carbons (Fsp3) is 0.304. The molecule has 0 aliphatic carbocycles. The summed E-state index contributed by atoms with van der Waals surface area (Å²) in [7, 11) is 0. The molecule has 2 aromatic carbocycles. The van der Waals surface area contributed by atoms with Gasteiger partial charge >= 0.3 is 5.97 Å². The van der Waals surface area contributed by atoms with Crippen molar-refractivity contribution in [1.82, 2.24) is 4.90 Å². The SMILES string of the molecule is O=C(C=Cc1ccc(Cl)cc1)OCC(=O)N1CCC(Cc2ccccc2)CC1. The summed E-state index contributed by atoms with van der Waals surface area (Å²) < 4.78 is 5.08. The number of carbonyl (C=O) groups excluding carboxylic acids is 2. The van der Waals surface area contributed by atoms with E-state index in [9.17, 15) is 9.59 Å². The van der Waals surface area contributed by atoms with E-state index < -0.39 is 5.97 Å². The van der Waals surface area contributed by atoms with Crippen LogP contribution in [-0.4, -0.2) is 36.5 Å². The highest BCUT2D eigenvalue weighted by Gasteiger charge is 2.23. The van der Waals surface area contributed by atoms with E-state index in [0.29, 0.717) is 24.0 Å². The minimum atomic E-state index is -0.526. The third-order valence-corrected chi connectivity index (χ3v) is 5.21. The van der Waals surface area contributed by atoms with Crippen molar-refractivity contribution in [1.29, 1.82) is 0 Å². The first kappa shape index (κ1) is 20.2. The molecule has 1 heterocycles. The van der Waals surface area contributed by atoms with Gasteiger partial charge in [0, 0.05) is 24.2 Å². The van der Waals surface area contributed by atoms with Crippen molar-refractivity contribution in [2.45, 2.75) is 19.3 Å². The molecule has 1 saturated heterocycles. The lowest BCUT2D eigenvalue weighted by Gasteiger charge is -2.32. The molecule has 146 valence electrons. The van der Waals surface area contributed by atoms with Crippen molar-refractivity contribution < 1.29 is 14.3 Å². The Balaban J connectivity index is 1.38. The summed E-state index contributed by atoms with van der Waals surface area (Å²) in [6.45, 7) is 1.22. The summed E-state index contributed by atoms with van der Waals surface area (Å²) in [4.78, 5) is 25.9. The largest absolute Gasteiger partial charge is 0.452 e. The Morgan fingerprint density at radius 1 is 1.04 bits per heavy atom. The molecule has 0 saturated carbocycles. The van der Waals surface area contributed by atoms with Crippen LogP contribution >= 0.6 is 11.6 Å².